The molecule has 2 aliphatic rings. The monoisotopic (exact) mass is 234 g/mol. The molecule has 1 aromatic heterocycles. The maximum Gasteiger partial charge on any atom is 0.231 e. The topological polar surface area (TPSA) is 71.2 Å². The molecular formula is C11H18N6. The van der Waals surface area contributed by atoms with Gasteiger partial charge in [0.05, 0.1) is 0 Å². The van der Waals surface area contributed by atoms with E-state index in [2.05, 4.69) is 24.8 Å². The van der Waals surface area contributed by atoms with Gasteiger partial charge in [-0.15, -0.1) is 0 Å². The Labute approximate surface area is 101 Å². The van der Waals surface area contributed by atoms with E-state index in [-0.39, 0.29) is 0 Å². The van der Waals surface area contributed by atoms with Crippen LogP contribution in [0.5, 0.6) is 0 Å². The molecule has 1 aromatic rings. The molecule has 0 unspecified atom stereocenters. The number of rotatable bonds is 2. The molecule has 0 spiro atoms. The van der Waals surface area contributed by atoms with Gasteiger partial charge in [-0.05, 0) is 25.7 Å². The summed E-state index contributed by atoms with van der Waals surface area (Å²) in [5.41, 5.74) is 5.78. The van der Waals surface area contributed by atoms with Crippen molar-refractivity contribution < 1.29 is 0 Å². The Morgan fingerprint density at radius 3 is 1.53 bits per heavy atom. The van der Waals surface area contributed by atoms with Gasteiger partial charge in [0.25, 0.3) is 0 Å². The number of anilines is 3. The smallest absolute Gasteiger partial charge is 0.231 e. The van der Waals surface area contributed by atoms with Gasteiger partial charge < -0.3 is 15.5 Å². The average molecular weight is 234 g/mol. The van der Waals surface area contributed by atoms with Crippen molar-refractivity contribution in [2.24, 2.45) is 0 Å². The molecule has 2 fully saturated rings. The van der Waals surface area contributed by atoms with Crippen molar-refractivity contribution in [1.82, 2.24) is 15.0 Å². The third-order valence-electron chi connectivity index (χ3n) is 3.41. The Morgan fingerprint density at radius 1 is 0.706 bits per heavy atom. The molecule has 0 bridgehead atoms. The number of hydrogen-bond acceptors (Lipinski definition) is 6. The molecule has 0 atom stereocenters. The fraction of sp³-hybridized carbons (Fsp3) is 0.727. The molecule has 2 aliphatic heterocycles. The highest BCUT2D eigenvalue weighted by Crippen LogP contribution is 2.21. The Morgan fingerprint density at radius 2 is 1.12 bits per heavy atom. The normalized spacial score (nSPS) is 20.2. The van der Waals surface area contributed by atoms with Crippen molar-refractivity contribution in [1.29, 1.82) is 0 Å². The van der Waals surface area contributed by atoms with E-state index in [9.17, 15) is 0 Å². The van der Waals surface area contributed by atoms with E-state index in [0.717, 1.165) is 38.1 Å². The summed E-state index contributed by atoms with van der Waals surface area (Å²) in [7, 11) is 0. The van der Waals surface area contributed by atoms with Crippen LogP contribution >= 0.6 is 0 Å². The summed E-state index contributed by atoms with van der Waals surface area (Å²) in [6.07, 6.45) is 4.85. The lowest BCUT2D eigenvalue weighted by molar-refractivity contribution is 0.843. The first-order valence-corrected chi connectivity index (χ1v) is 6.34. The average Bonchev–Trinajstić information content (AvgIpc) is 3.02. The van der Waals surface area contributed by atoms with E-state index in [1.807, 2.05) is 0 Å². The lowest BCUT2D eigenvalue weighted by Crippen LogP contribution is -2.25. The van der Waals surface area contributed by atoms with Gasteiger partial charge >= 0.3 is 0 Å². The van der Waals surface area contributed by atoms with Gasteiger partial charge in [0, 0.05) is 26.2 Å². The summed E-state index contributed by atoms with van der Waals surface area (Å²) in [6, 6.07) is 0. The van der Waals surface area contributed by atoms with Crippen molar-refractivity contribution in [2.75, 3.05) is 41.7 Å². The van der Waals surface area contributed by atoms with E-state index < -0.39 is 0 Å². The first kappa shape index (κ1) is 10.6. The van der Waals surface area contributed by atoms with E-state index >= 15 is 0 Å². The van der Waals surface area contributed by atoms with Crippen molar-refractivity contribution in [3.05, 3.63) is 0 Å². The van der Waals surface area contributed by atoms with Crippen LogP contribution in [-0.2, 0) is 0 Å². The second-order valence-corrected chi connectivity index (χ2v) is 4.68. The van der Waals surface area contributed by atoms with Gasteiger partial charge in [0.15, 0.2) is 0 Å². The molecule has 0 amide bonds. The molecule has 3 heterocycles. The Hall–Kier alpha value is -1.59. The van der Waals surface area contributed by atoms with Crippen LogP contribution in [0.4, 0.5) is 17.8 Å². The summed E-state index contributed by atoms with van der Waals surface area (Å²) in [4.78, 5) is 17.4. The number of nitrogens with two attached hydrogens (primary N) is 1. The highest BCUT2D eigenvalue weighted by molar-refractivity contribution is 5.44. The fourth-order valence-electron chi connectivity index (χ4n) is 2.49. The van der Waals surface area contributed by atoms with Crippen LogP contribution in [-0.4, -0.2) is 41.1 Å². The van der Waals surface area contributed by atoms with Gasteiger partial charge in [-0.2, -0.15) is 15.0 Å². The molecule has 6 nitrogen and oxygen atoms in total. The third kappa shape index (κ3) is 2.11. The van der Waals surface area contributed by atoms with Gasteiger partial charge in [0.2, 0.25) is 17.8 Å². The zero-order valence-corrected chi connectivity index (χ0v) is 9.97. The third-order valence-corrected chi connectivity index (χ3v) is 3.41. The predicted octanol–water partition coefficient (Wildman–Crippen LogP) is 0.654. The first-order valence-electron chi connectivity index (χ1n) is 6.34. The lowest BCUT2D eigenvalue weighted by atomic mass is 10.4. The summed E-state index contributed by atoms with van der Waals surface area (Å²) in [5.74, 6) is 1.83. The molecule has 6 heteroatoms. The minimum absolute atomic E-state index is 0.337. The summed E-state index contributed by atoms with van der Waals surface area (Å²) in [5, 5.41) is 0. The van der Waals surface area contributed by atoms with E-state index in [4.69, 9.17) is 5.73 Å². The summed E-state index contributed by atoms with van der Waals surface area (Å²) in [6.45, 7) is 4.12. The van der Waals surface area contributed by atoms with Crippen molar-refractivity contribution >= 4 is 17.8 Å². The molecule has 0 aliphatic carbocycles. The molecule has 0 radical (unpaired) electrons. The highest BCUT2D eigenvalue weighted by Gasteiger charge is 2.20. The number of nitrogens with zero attached hydrogens (tertiary/aromatic N) is 5. The minimum Gasteiger partial charge on any atom is -0.368 e. The maximum absolute atomic E-state index is 5.78. The Kier molecular flexibility index (Phi) is 2.70. The van der Waals surface area contributed by atoms with Crippen LogP contribution in [0.2, 0.25) is 0 Å². The predicted molar refractivity (Wildman–Crippen MR) is 67.1 cm³/mol. The summed E-state index contributed by atoms with van der Waals surface area (Å²) >= 11 is 0. The molecule has 0 saturated carbocycles. The van der Waals surface area contributed by atoms with Gasteiger partial charge in [-0.3, -0.25) is 0 Å². The number of aromatic nitrogens is 3. The van der Waals surface area contributed by atoms with Crippen LogP contribution in [0.15, 0.2) is 0 Å². The highest BCUT2D eigenvalue weighted by atomic mass is 15.4. The van der Waals surface area contributed by atoms with Gasteiger partial charge in [0.1, 0.15) is 0 Å². The Balaban J connectivity index is 1.88. The molecule has 92 valence electrons. The van der Waals surface area contributed by atoms with Gasteiger partial charge in [-0.1, -0.05) is 0 Å². The minimum atomic E-state index is 0.337. The van der Waals surface area contributed by atoms with Crippen LogP contribution in [0.25, 0.3) is 0 Å². The Bertz CT molecular complexity index is 361. The van der Waals surface area contributed by atoms with Crippen molar-refractivity contribution in [3.63, 3.8) is 0 Å². The zero-order chi connectivity index (χ0) is 11.7. The molecule has 3 rings (SSSR count). The largest absolute Gasteiger partial charge is 0.368 e. The lowest BCUT2D eigenvalue weighted by Gasteiger charge is -2.19. The number of nitrogen functional groups attached to an aromatic ring is 1. The zero-order valence-electron chi connectivity index (χ0n) is 9.97. The first-order chi connectivity index (χ1) is 8.33. The van der Waals surface area contributed by atoms with Crippen LogP contribution in [0.1, 0.15) is 25.7 Å². The standard InChI is InChI=1S/C11H18N6/c12-9-13-10(16-5-1-2-6-16)15-11(14-9)17-7-3-4-8-17/h1-8H2,(H2,12,13,14,15). The second-order valence-electron chi connectivity index (χ2n) is 4.68. The molecule has 0 aromatic carbocycles. The van der Waals surface area contributed by atoms with Crippen molar-refractivity contribution in [3.8, 4) is 0 Å². The quantitative estimate of drug-likeness (QED) is 0.810. The van der Waals surface area contributed by atoms with Crippen LogP contribution in [0.3, 0.4) is 0 Å². The van der Waals surface area contributed by atoms with Gasteiger partial charge in [-0.25, -0.2) is 0 Å². The van der Waals surface area contributed by atoms with Crippen molar-refractivity contribution in [2.45, 2.75) is 25.7 Å². The van der Waals surface area contributed by atoms with E-state index in [0.29, 0.717) is 5.95 Å². The molecular weight excluding hydrogens is 216 g/mol. The second kappa shape index (κ2) is 4.35. The molecule has 2 N–H and O–H groups in total. The summed E-state index contributed by atoms with van der Waals surface area (Å²) < 4.78 is 0. The SMILES string of the molecule is Nc1nc(N2CCCC2)nc(N2CCCC2)n1. The molecule has 2 saturated heterocycles. The van der Waals surface area contributed by atoms with Crippen LogP contribution in [0, 0.1) is 0 Å². The fourth-order valence-corrected chi connectivity index (χ4v) is 2.49. The number of hydrogen-bond donors (Lipinski definition) is 1. The van der Waals surface area contributed by atoms with E-state index in [1.165, 1.54) is 25.7 Å². The molecule has 17 heavy (non-hydrogen) atoms. The van der Waals surface area contributed by atoms with Crippen LogP contribution < -0.4 is 15.5 Å². The van der Waals surface area contributed by atoms with E-state index in [1.54, 1.807) is 0 Å². The maximum atomic E-state index is 5.78.